The fraction of sp³-hybridized carbons (Fsp3) is 0.421. The molecular weight excluding hydrogens is 392 g/mol. The van der Waals surface area contributed by atoms with Crippen LogP contribution in [-0.4, -0.2) is 50.2 Å². The summed E-state index contributed by atoms with van der Waals surface area (Å²) in [5, 5.41) is 9.48. The van der Waals surface area contributed by atoms with Crippen LogP contribution in [0.3, 0.4) is 0 Å². The van der Waals surface area contributed by atoms with Gasteiger partial charge in [0.1, 0.15) is 24.0 Å². The zero-order valence-corrected chi connectivity index (χ0v) is 16.9. The highest BCUT2D eigenvalue weighted by Gasteiger charge is 2.26. The number of aromatic nitrogens is 2. The number of halogens is 1. The molecule has 0 amide bonds. The van der Waals surface area contributed by atoms with Crippen molar-refractivity contribution in [2.24, 2.45) is 0 Å². The van der Waals surface area contributed by atoms with Gasteiger partial charge >= 0.3 is 0 Å². The van der Waals surface area contributed by atoms with E-state index in [0.29, 0.717) is 11.6 Å². The van der Waals surface area contributed by atoms with Gasteiger partial charge in [0.25, 0.3) is 0 Å². The summed E-state index contributed by atoms with van der Waals surface area (Å²) in [4.78, 5) is 15.3. The summed E-state index contributed by atoms with van der Waals surface area (Å²) in [5.74, 6) is 1.82. The maximum absolute atomic E-state index is 9.48. The Kier molecular flexibility index (Phi) is 5.62. The third kappa shape index (κ3) is 3.91. The molecule has 1 saturated heterocycles. The Morgan fingerprint density at radius 1 is 1.19 bits per heavy atom. The molecule has 2 heterocycles. The molecule has 6 nitrogen and oxygen atoms in total. The summed E-state index contributed by atoms with van der Waals surface area (Å²) in [5.41, 5.74) is 1.71. The standard InChI is InChI=1S/C19H23BrN6/c1-24(2)18-10-19(23-13-22-18)25(3)16-5-4-8-26(12-16)17-7-6-15(20)9-14(17)11-21/h6-7,9-10,13,16H,4-5,8,12H2,1-3H3. The summed E-state index contributed by atoms with van der Waals surface area (Å²) >= 11 is 3.45. The van der Waals surface area contributed by atoms with Crippen molar-refractivity contribution in [3.8, 4) is 6.07 Å². The topological polar surface area (TPSA) is 59.3 Å². The minimum atomic E-state index is 0.337. The molecule has 1 aliphatic rings. The van der Waals surface area contributed by atoms with E-state index in [1.807, 2.05) is 43.3 Å². The van der Waals surface area contributed by atoms with Crippen molar-refractivity contribution in [1.29, 1.82) is 5.26 Å². The summed E-state index contributed by atoms with van der Waals surface area (Å²) in [7, 11) is 6.04. The quantitative estimate of drug-likeness (QED) is 0.764. The van der Waals surface area contributed by atoms with Crippen molar-refractivity contribution >= 4 is 33.3 Å². The summed E-state index contributed by atoms with van der Waals surface area (Å²) in [6.07, 6.45) is 3.80. The smallest absolute Gasteiger partial charge is 0.134 e. The third-order valence-electron chi connectivity index (χ3n) is 4.82. The second-order valence-electron chi connectivity index (χ2n) is 6.76. The van der Waals surface area contributed by atoms with Crippen LogP contribution >= 0.6 is 15.9 Å². The molecule has 26 heavy (non-hydrogen) atoms. The van der Waals surface area contributed by atoms with E-state index in [4.69, 9.17) is 0 Å². The molecule has 0 radical (unpaired) electrons. The van der Waals surface area contributed by atoms with Gasteiger partial charge in [-0.05, 0) is 31.0 Å². The van der Waals surface area contributed by atoms with E-state index in [0.717, 1.165) is 47.7 Å². The number of nitriles is 1. The maximum atomic E-state index is 9.48. The molecule has 0 N–H and O–H groups in total. The van der Waals surface area contributed by atoms with Crippen molar-refractivity contribution < 1.29 is 0 Å². The van der Waals surface area contributed by atoms with E-state index in [-0.39, 0.29) is 0 Å². The van der Waals surface area contributed by atoms with Gasteiger partial charge in [-0.3, -0.25) is 0 Å². The Hall–Kier alpha value is -2.33. The predicted molar refractivity (Wildman–Crippen MR) is 109 cm³/mol. The monoisotopic (exact) mass is 414 g/mol. The third-order valence-corrected chi connectivity index (χ3v) is 5.32. The molecule has 1 fully saturated rings. The van der Waals surface area contributed by atoms with Gasteiger partial charge in [-0.15, -0.1) is 0 Å². The second kappa shape index (κ2) is 7.92. The molecule has 1 atom stereocenters. The van der Waals surface area contributed by atoms with Gasteiger partial charge in [0.05, 0.1) is 11.3 Å². The lowest BCUT2D eigenvalue weighted by Crippen LogP contribution is -2.47. The average Bonchev–Trinajstić information content (AvgIpc) is 2.67. The lowest BCUT2D eigenvalue weighted by atomic mass is 10.0. The number of nitrogens with zero attached hydrogens (tertiary/aromatic N) is 6. The molecule has 1 aromatic heterocycles. The van der Waals surface area contributed by atoms with Gasteiger partial charge in [-0.25, -0.2) is 9.97 Å². The van der Waals surface area contributed by atoms with Crippen molar-refractivity contribution in [2.75, 3.05) is 48.9 Å². The fourth-order valence-electron chi connectivity index (χ4n) is 3.32. The zero-order chi connectivity index (χ0) is 18.7. The molecule has 1 aliphatic heterocycles. The Morgan fingerprint density at radius 3 is 2.69 bits per heavy atom. The predicted octanol–water partition coefficient (Wildman–Crippen LogP) is 3.28. The Bertz CT molecular complexity index is 816. The van der Waals surface area contributed by atoms with Crippen LogP contribution in [0.2, 0.25) is 0 Å². The van der Waals surface area contributed by atoms with E-state index in [1.165, 1.54) is 0 Å². The van der Waals surface area contributed by atoms with Gasteiger partial charge in [0.2, 0.25) is 0 Å². The summed E-state index contributed by atoms with van der Waals surface area (Å²) in [6, 6.07) is 10.6. The molecule has 0 saturated carbocycles. The SMILES string of the molecule is CN(C)c1cc(N(C)C2CCCN(c3ccc(Br)cc3C#N)C2)ncn1. The summed E-state index contributed by atoms with van der Waals surface area (Å²) < 4.78 is 0.931. The van der Waals surface area contributed by atoms with E-state index in [9.17, 15) is 5.26 Å². The molecule has 136 valence electrons. The van der Waals surface area contributed by atoms with Gasteiger partial charge < -0.3 is 14.7 Å². The van der Waals surface area contributed by atoms with Crippen LogP contribution in [0, 0.1) is 11.3 Å². The Labute approximate surface area is 163 Å². The highest BCUT2D eigenvalue weighted by Crippen LogP contribution is 2.29. The van der Waals surface area contributed by atoms with Crippen molar-refractivity contribution in [1.82, 2.24) is 9.97 Å². The van der Waals surface area contributed by atoms with Gasteiger partial charge in [-0.2, -0.15) is 5.26 Å². The van der Waals surface area contributed by atoms with Gasteiger partial charge in [0.15, 0.2) is 0 Å². The number of likely N-dealkylation sites (N-methyl/N-ethyl adjacent to an activating group) is 1. The van der Waals surface area contributed by atoms with E-state index in [2.05, 4.69) is 48.8 Å². The highest BCUT2D eigenvalue weighted by molar-refractivity contribution is 9.10. The number of rotatable bonds is 4. The number of benzene rings is 1. The molecule has 0 spiro atoms. The van der Waals surface area contributed by atoms with E-state index < -0.39 is 0 Å². The molecule has 0 bridgehead atoms. The first-order chi connectivity index (χ1) is 12.5. The molecule has 1 unspecified atom stereocenters. The number of hydrogen-bond donors (Lipinski definition) is 0. The van der Waals surface area contributed by atoms with Crippen molar-refractivity contribution in [3.05, 3.63) is 40.6 Å². The highest BCUT2D eigenvalue weighted by atomic mass is 79.9. The minimum absolute atomic E-state index is 0.337. The first-order valence-electron chi connectivity index (χ1n) is 8.66. The number of piperidine rings is 1. The van der Waals surface area contributed by atoms with E-state index >= 15 is 0 Å². The molecule has 7 heteroatoms. The lowest BCUT2D eigenvalue weighted by Gasteiger charge is -2.39. The normalized spacial score (nSPS) is 16.9. The second-order valence-corrected chi connectivity index (χ2v) is 7.67. The molecular formula is C19H23BrN6. The van der Waals surface area contributed by atoms with Crippen LogP contribution in [0.25, 0.3) is 0 Å². The van der Waals surface area contributed by atoms with Crippen molar-refractivity contribution in [2.45, 2.75) is 18.9 Å². The van der Waals surface area contributed by atoms with Crippen molar-refractivity contribution in [3.63, 3.8) is 0 Å². The maximum Gasteiger partial charge on any atom is 0.134 e. The fourth-order valence-corrected chi connectivity index (χ4v) is 3.69. The zero-order valence-electron chi connectivity index (χ0n) is 15.4. The molecule has 0 aliphatic carbocycles. The van der Waals surface area contributed by atoms with Crippen LogP contribution in [-0.2, 0) is 0 Å². The minimum Gasteiger partial charge on any atom is -0.368 e. The number of hydrogen-bond acceptors (Lipinski definition) is 6. The Morgan fingerprint density at radius 2 is 1.96 bits per heavy atom. The van der Waals surface area contributed by atoms with Crippen LogP contribution in [0.4, 0.5) is 17.3 Å². The molecule has 3 rings (SSSR count). The average molecular weight is 415 g/mol. The van der Waals surface area contributed by atoms with Gasteiger partial charge in [-0.1, -0.05) is 15.9 Å². The molecule has 2 aromatic rings. The summed E-state index contributed by atoms with van der Waals surface area (Å²) in [6.45, 7) is 1.83. The van der Waals surface area contributed by atoms with E-state index in [1.54, 1.807) is 6.33 Å². The largest absolute Gasteiger partial charge is 0.368 e. The first kappa shape index (κ1) is 18.5. The van der Waals surface area contributed by atoms with Gasteiger partial charge in [0, 0.05) is 50.8 Å². The Balaban J connectivity index is 1.80. The van der Waals surface area contributed by atoms with Crippen LogP contribution in [0.15, 0.2) is 35.1 Å². The molecule has 1 aromatic carbocycles. The van der Waals surface area contributed by atoms with Crippen LogP contribution in [0.1, 0.15) is 18.4 Å². The lowest BCUT2D eigenvalue weighted by molar-refractivity contribution is 0.485. The first-order valence-corrected chi connectivity index (χ1v) is 9.45. The van der Waals surface area contributed by atoms with Crippen LogP contribution < -0.4 is 14.7 Å². The number of anilines is 3. The van der Waals surface area contributed by atoms with Crippen LogP contribution in [0.5, 0.6) is 0 Å².